The first-order chi connectivity index (χ1) is 9.51. The van der Waals surface area contributed by atoms with Crippen LogP contribution < -0.4 is 10.5 Å². The number of anilines is 1. The highest BCUT2D eigenvalue weighted by atomic mass is 79.9. The van der Waals surface area contributed by atoms with Crippen LogP contribution in [0.1, 0.15) is 11.1 Å². The molecule has 5 heteroatoms. The summed E-state index contributed by atoms with van der Waals surface area (Å²) in [5.41, 5.74) is 8.47. The number of benzene rings is 2. The second kappa shape index (κ2) is 6.41. The second-order valence-electron chi connectivity index (χ2n) is 4.49. The molecule has 1 atom stereocenters. The average Bonchev–Trinajstić information content (AvgIpc) is 2.41. The van der Waals surface area contributed by atoms with E-state index in [0.29, 0.717) is 16.3 Å². The van der Waals surface area contributed by atoms with Gasteiger partial charge in [-0.05, 0) is 31.2 Å². The molecule has 0 aliphatic carbocycles. The van der Waals surface area contributed by atoms with Gasteiger partial charge in [0.05, 0.1) is 28.6 Å². The van der Waals surface area contributed by atoms with Gasteiger partial charge in [0, 0.05) is 15.7 Å². The zero-order chi connectivity index (χ0) is 14.7. The maximum atomic E-state index is 12.5. The third-order valence-corrected chi connectivity index (χ3v) is 4.85. The summed E-state index contributed by atoms with van der Waals surface area (Å²) in [7, 11) is 0.404. The third-order valence-electron chi connectivity index (χ3n) is 2.94. The van der Waals surface area contributed by atoms with Gasteiger partial charge in [-0.25, -0.2) is 0 Å². The Morgan fingerprint density at radius 2 is 2.00 bits per heavy atom. The minimum atomic E-state index is -1.21. The molecule has 0 spiro atoms. The minimum Gasteiger partial charge on any atom is -0.496 e. The van der Waals surface area contributed by atoms with Crippen LogP contribution in [0.5, 0.6) is 5.75 Å². The van der Waals surface area contributed by atoms with E-state index in [9.17, 15) is 4.21 Å². The van der Waals surface area contributed by atoms with Crippen LogP contribution in [0.4, 0.5) is 5.69 Å². The molecule has 1 unspecified atom stereocenters. The van der Waals surface area contributed by atoms with Crippen molar-refractivity contribution in [3.63, 3.8) is 0 Å². The molecule has 0 amide bonds. The molecule has 0 aliphatic rings. The lowest BCUT2D eigenvalue weighted by molar-refractivity contribution is 0.411. The molecule has 20 heavy (non-hydrogen) atoms. The minimum absolute atomic E-state index is 0.380. The highest BCUT2D eigenvalue weighted by Crippen LogP contribution is 2.27. The smallest absolute Gasteiger partial charge is 0.123 e. The topological polar surface area (TPSA) is 52.3 Å². The van der Waals surface area contributed by atoms with E-state index in [-0.39, 0.29) is 0 Å². The number of methoxy groups -OCH3 is 1. The lowest BCUT2D eigenvalue weighted by atomic mass is 10.1. The third kappa shape index (κ3) is 3.41. The Hall–Kier alpha value is -1.33. The maximum Gasteiger partial charge on any atom is 0.123 e. The van der Waals surface area contributed by atoms with Crippen LogP contribution in [0.25, 0.3) is 0 Å². The summed E-state index contributed by atoms with van der Waals surface area (Å²) in [6, 6.07) is 11.2. The summed E-state index contributed by atoms with van der Waals surface area (Å²) >= 11 is 3.38. The molecule has 0 fully saturated rings. The molecule has 0 bridgehead atoms. The standard InChI is InChI=1S/C15H16BrNO2S/c1-10-3-6-14(19-2)11(7-10)9-20(18)15-8-12(16)4-5-13(15)17/h3-8H,9,17H2,1-2H3. The Morgan fingerprint density at radius 1 is 1.25 bits per heavy atom. The Labute approximate surface area is 129 Å². The number of ether oxygens (including phenoxy) is 1. The van der Waals surface area contributed by atoms with Gasteiger partial charge in [-0.1, -0.05) is 33.6 Å². The van der Waals surface area contributed by atoms with E-state index < -0.39 is 10.8 Å². The zero-order valence-corrected chi connectivity index (χ0v) is 13.8. The molecular formula is C15H16BrNO2S. The lowest BCUT2D eigenvalue weighted by Crippen LogP contribution is -2.02. The first kappa shape index (κ1) is 15.1. The molecule has 3 nitrogen and oxygen atoms in total. The Bertz CT molecular complexity index is 658. The Morgan fingerprint density at radius 3 is 2.70 bits per heavy atom. The average molecular weight is 354 g/mol. The van der Waals surface area contributed by atoms with Crippen LogP contribution in [-0.2, 0) is 16.6 Å². The van der Waals surface area contributed by atoms with E-state index in [1.54, 1.807) is 19.2 Å². The van der Waals surface area contributed by atoms with Gasteiger partial charge in [-0.15, -0.1) is 0 Å². The van der Waals surface area contributed by atoms with Gasteiger partial charge in [0.25, 0.3) is 0 Å². The fourth-order valence-electron chi connectivity index (χ4n) is 1.94. The molecule has 0 aliphatic heterocycles. The highest BCUT2D eigenvalue weighted by Gasteiger charge is 2.12. The van der Waals surface area contributed by atoms with E-state index in [1.165, 1.54) is 0 Å². The van der Waals surface area contributed by atoms with Crippen LogP contribution in [-0.4, -0.2) is 11.3 Å². The van der Waals surface area contributed by atoms with Gasteiger partial charge in [0.15, 0.2) is 0 Å². The van der Waals surface area contributed by atoms with Crippen LogP contribution in [0, 0.1) is 6.92 Å². The van der Waals surface area contributed by atoms with Crippen molar-refractivity contribution in [2.24, 2.45) is 0 Å². The number of rotatable bonds is 4. The summed E-state index contributed by atoms with van der Waals surface area (Å²) in [5, 5.41) is 0. The predicted molar refractivity (Wildman–Crippen MR) is 86.4 cm³/mol. The molecule has 2 rings (SSSR count). The summed E-state index contributed by atoms with van der Waals surface area (Å²) < 4.78 is 18.7. The molecular weight excluding hydrogens is 338 g/mol. The van der Waals surface area contributed by atoms with Crippen molar-refractivity contribution in [1.29, 1.82) is 0 Å². The van der Waals surface area contributed by atoms with Crippen molar-refractivity contribution in [3.05, 3.63) is 52.0 Å². The van der Waals surface area contributed by atoms with Crippen molar-refractivity contribution in [2.45, 2.75) is 17.6 Å². The molecule has 0 saturated carbocycles. The molecule has 0 heterocycles. The van der Waals surface area contributed by atoms with Crippen molar-refractivity contribution >= 4 is 32.4 Å². The van der Waals surface area contributed by atoms with Crippen molar-refractivity contribution in [2.75, 3.05) is 12.8 Å². The van der Waals surface area contributed by atoms with Gasteiger partial charge < -0.3 is 10.5 Å². The fourth-order valence-corrected chi connectivity index (χ4v) is 3.71. The van der Waals surface area contributed by atoms with E-state index in [4.69, 9.17) is 10.5 Å². The highest BCUT2D eigenvalue weighted by molar-refractivity contribution is 9.10. The summed E-state index contributed by atoms with van der Waals surface area (Å²) in [6.45, 7) is 2.00. The predicted octanol–water partition coefficient (Wildman–Crippen LogP) is 3.66. The number of nitrogens with two attached hydrogens (primary N) is 1. The molecule has 2 aromatic carbocycles. The molecule has 0 radical (unpaired) electrons. The summed E-state index contributed by atoms with van der Waals surface area (Å²) in [5.74, 6) is 1.13. The Kier molecular flexibility index (Phi) is 4.83. The van der Waals surface area contributed by atoms with Gasteiger partial charge >= 0.3 is 0 Å². The summed E-state index contributed by atoms with van der Waals surface area (Å²) in [6.07, 6.45) is 0. The van der Waals surface area contributed by atoms with Gasteiger partial charge in [0.1, 0.15) is 5.75 Å². The summed E-state index contributed by atoms with van der Waals surface area (Å²) in [4.78, 5) is 0.642. The van der Waals surface area contributed by atoms with E-state index in [1.807, 2.05) is 31.2 Å². The Balaban J connectivity index is 2.32. The van der Waals surface area contributed by atoms with Crippen LogP contribution >= 0.6 is 15.9 Å². The number of aryl methyl sites for hydroxylation is 1. The van der Waals surface area contributed by atoms with E-state index in [0.717, 1.165) is 21.3 Å². The molecule has 2 N–H and O–H groups in total. The second-order valence-corrected chi connectivity index (χ2v) is 6.82. The maximum absolute atomic E-state index is 12.5. The van der Waals surface area contributed by atoms with Gasteiger partial charge in [-0.2, -0.15) is 0 Å². The van der Waals surface area contributed by atoms with Crippen molar-refractivity contribution < 1.29 is 8.95 Å². The largest absolute Gasteiger partial charge is 0.496 e. The van der Waals surface area contributed by atoms with Crippen molar-refractivity contribution in [1.82, 2.24) is 0 Å². The van der Waals surface area contributed by atoms with Crippen LogP contribution in [0.15, 0.2) is 45.8 Å². The first-order valence-corrected chi connectivity index (χ1v) is 8.19. The normalized spacial score (nSPS) is 12.2. The molecule has 0 saturated heterocycles. The molecule has 0 aromatic heterocycles. The lowest BCUT2D eigenvalue weighted by Gasteiger charge is -2.11. The van der Waals surface area contributed by atoms with Crippen LogP contribution in [0.3, 0.4) is 0 Å². The SMILES string of the molecule is COc1ccc(C)cc1CS(=O)c1cc(Br)ccc1N. The number of hydrogen-bond acceptors (Lipinski definition) is 3. The number of nitrogen functional groups attached to an aromatic ring is 1. The van der Waals surface area contributed by atoms with E-state index >= 15 is 0 Å². The number of halogens is 1. The number of hydrogen-bond donors (Lipinski definition) is 1. The van der Waals surface area contributed by atoms with Crippen LogP contribution in [0.2, 0.25) is 0 Å². The monoisotopic (exact) mass is 353 g/mol. The molecule has 106 valence electrons. The molecule has 2 aromatic rings. The fraction of sp³-hybridized carbons (Fsp3) is 0.200. The zero-order valence-electron chi connectivity index (χ0n) is 11.4. The quantitative estimate of drug-likeness (QED) is 0.853. The van der Waals surface area contributed by atoms with E-state index in [2.05, 4.69) is 15.9 Å². The van der Waals surface area contributed by atoms with Gasteiger partial charge in [-0.3, -0.25) is 4.21 Å². The van der Waals surface area contributed by atoms with Gasteiger partial charge in [0.2, 0.25) is 0 Å². The van der Waals surface area contributed by atoms with Crippen molar-refractivity contribution in [3.8, 4) is 5.75 Å². The first-order valence-electron chi connectivity index (χ1n) is 6.08.